The first-order valence-corrected chi connectivity index (χ1v) is 8.07. The number of hydrazone groups is 1. The van der Waals surface area contributed by atoms with Gasteiger partial charge in [0.1, 0.15) is 5.75 Å². The molecule has 3 rings (SSSR count). The van der Waals surface area contributed by atoms with Gasteiger partial charge in [0.15, 0.2) is 10.9 Å². The van der Waals surface area contributed by atoms with Gasteiger partial charge in [0.25, 0.3) is 0 Å². The lowest BCUT2D eigenvalue weighted by Crippen LogP contribution is -2.25. The number of carbonyl (C=O) groups is 1. The van der Waals surface area contributed by atoms with Crippen molar-refractivity contribution in [2.75, 3.05) is 11.9 Å². The van der Waals surface area contributed by atoms with Gasteiger partial charge in [0, 0.05) is 16.8 Å². The van der Waals surface area contributed by atoms with Gasteiger partial charge < -0.3 is 10.1 Å². The number of nitrogens with zero attached hydrogens (tertiary/aromatic N) is 1. The van der Waals surface area contributed by atoms with Crippen molar-refractivity contribution in [2.24, 2.45) is 5.10 Å². The third-order valence-electron chi connectivity index (χ3n) is 3.58. The van der Waals surface area contributed by atoms with Gasteiger partial charge in [-0.3, -0.25) is 10.2 Å². The Morgan fingerprint density at radius 1 is 1.17 bits per heavy atom. The summed E-state index contributed by atoms with van der Waals surface area (Å²) in [4.78, 5) is 11.9. The summed E-state index contributed by atoms with van der Waals surface area (Å²) in [5.41, 5.74) is 5.90. The molecule has 24 heavy (non-hydrogen) atoms. The van der Waals surface area contributed by atoms with Crippen LogP contribution in [0.2, 0.25) is 0 Å². The maximum absolute atomic E-state index is 11.9. The fourth-order valence-electron chi connectivity index (χ4n) is 2.50. The number of thiocarbonyl (C=S) groups is 1. The predicted molar refractivity (Wildman–Crippen MR) is 98.9 cm³/mol. The van der Waals surface area contributed by atoms with Crippen molar-refractivity contribution in [3.8, 4) is 5.75 Å². The first kappa shape index (κ1) is 16.1. The van der Waals surface area contributed by atoms with Gasteiger partial charge in [-0.1, -0.05) is 24.3 Å². The van der Waals surface area contributed by atoms with Crippen molar-refractivity contribution in [1.29, 1.82) is 0 Å². The number of ether oxygens (including phenoxy) is 1. The van der Waals surface area contributed by atoms with E-state index in [2.05, 4.69) is 15.8 Å². The van der Waals surface area contributed by atoms with Crippen molar-refractivity contribution in [3.63, 3.8) is 0 Å². The molecule has 1 aliphatic carbocycles. The molecule has 0 aromatic heterocycles. The van der Waals surface area contributed by atoms with E-state index in [1.807, 2.05) is 55.5 Å². The van der Waals surface area contributed by atoms with E-state index in [4.69, 9.17) is 17.0 Å². The summed E-state index contributed by atoms with van der Waals surface area (Å²) in [6.45, 7) is 2.57. The van der Waals surface area contributed by atoms with Crippen molar-refractivity contribution < 1.29 is 9.53 Å². The molecule has 6 heteroatoms. The molecule has 0 fully saturated rings. The first-order valence-electron chi connectivity index (χ1n) is 7.66. The van der Waals surface area contributed by atoms with Crippen LogP contribution in [-0.4, -0.2) is 23.2 Å². The molecule has 2 aromatic rings. The second-order valence-electron chi connectivity index (χ2n) is 5.23. The van der Waals surface area contributed by atoms with Crippen LogP contribution in [0.25, 0.3) is 0 Å². The van der Waals surface area contributed by atoms with Gasteiger partial charge in [-0.2, -0.15) is 5.10 Å². The molecule has 0 amide bonds. The zero-order chi connectivity index (χ0) is 16.9. The minimum absolute atomic E-state index is 0.0801. The number of hydrogen-bond donors (Lipinski definition) is 2. The summed E-state index contributed by atoms with van der Waals surface area (Å²) in [5, 5.41) is 7.68. The maximum Gasteiger partial charge on any atom is 0.191 e. The lowest BCUT2D eigenvalue weighted by Gasteiger charge is -2.09. The molecule has 1 aliphatic rings. The molecule has 0 saturated heterocycles. The number of benzene rings is 2. The molecule has 0 bridgehead atoms. The van der Waals surface area contributed by atoms with Gasteiger partial charge >= 0.3 is 0 Å². The number of nitrogens with one attached hydrogen (secondary N) is 2. The molecular formula is C18H17N3O2S. The summed E-state index contributed by atoms with van der Waals surface area (Å²) in [6.07, 6.45) is 0.290. The van der Waals surface area contributed by atoms with E-state index >= 15 is 0 Å². The van der Waals surface area contributed by atoms with E-state index in [0.29, 0.717) is 23.0 Å². The minimum atomic E-state index is 0.0801. The standard InChI is InChI=1S/C18H17N3O2S/c1-2-23-13-9-7-12(8-10-13)19-18(24)21-20-16-11-17(22)15-6-4-3-5-14(15)16/h3-10H,2,11H2,1H3,(H2,19,21,24)/b20-16-. The molecule has 5 nitrogen and oxygen atoms in total. The largest absolute Gasteiger partial charge is 0.494 e. The number of carbonyl (C=O) groups excluding carboxylic acids is 1. The Hall–Kier alpha value is -2.73. The lowest BCUT2D eigenvalue weighted by atomic mass is 10.1. The number of fused-ring (bicyclic) bond motifs is 1. The van der Waals surface area contributed by atoms with E-state index in [1.165, 1.54) is 0 Å². The highest BCUT2D eigenvalue weighted by molar-refractivity contribution is 7.80. The highest BCUT2D eigenvalue weighted by Gasteiger charge is 2.24. The molecule has 2 aromatic carbocycles. The smallest absolute Gasteiger partial charge is 0.191 e. The van der Waals surface area contributed by atoms with Crippen LogP contribution in [0, 0.1) is 0 Å². The quantitative estimate of drug-likeness (QED) is 0.661. The molecule has 0 saturated carbocycles. The van der Waals surface area contributed by atoms with Crippen LogP contribution in [0.4, 0.5) is 5.69 Å². The zero-order valence-corrected chi connectivity index (χ0v) is 14.0. The van der Waals surface area contributed by atoms with Crippen LogP contribution in [0.5, 0.6) is 5.75 Å². The minimum Gasteiger partial charge on any atom is -0.494 e. The van der Waals surface area contributed by atoms with Crippen LogP contribution in [0.15, 0.2) is 53.6 Å². The fraction of sp³-hybridized carbons (Fsp3) is 0.167. The average molecular weight is 339 g/mol. The van der Waals surface area contributed by atoms with Gasteiger partial charge in [-0.25, -0.2) is 0 Å². The number of hydrogen-bond acceptors (Lipinski definition) is 4. The van der Waals surface area contributed by atoms with Crippen LogP contribution in [0.3, 0.4) is 0 Å². The molecular weight excluding hydrogens is 322 g/mol. The summed E-state index contributed by atoms with van der Waals surface area (Å²) in [7, 11) is 0. The molecule has 0 spiro atoms. The monoisotopic (exact) mass is 339 g/mol. The highest BCUT2D eigenvalue weighted by Crippen LogP contribution is 2.22. The van der Waals surface area contributed by atoms with Crippen LogP contribution in [0.1, 0.15) is 29.3 Å². The Labute approximate surface area is 145 Å². The topological polar surface area (TPSA) is 62.7 Å². The van der Waals surface area contributed by atoms with E-state index in [1.54, 1.807) is 0 Å². The Kier molecular flexibility index (Phi) is 4.86. The fourth-order valence-corrected chi connectivity index (χ4v) is 2.66. The molecule has 0 unspecified atom stereocenters. The number of Topliss-reactive ketones (excluding diaryl/α,β-unsaturated/α-hetero) is 1. The highest BCUT2D eigenvalue weighted by atomic mass is 32.1. The Morgan fingerprint density at radius 2 is 1.88 bits per heavy atom. The van der Waals surface area contributed by atoms with Gasteiger partial charge in [0.05, 0.1) is 18.7 Å². The third-order valence-corrected chi connectivity index (χ3v) is 3.78. The number of ketones is 1. The normalized spacial score (nSPS) is 14.4. The summed E-state index contributed by atoms with van der Waals surface area (Å²) < 4.78 is 5.39. The SMILES string of the molecule is CCOc1ccc(NC(=S)N/N=C2/CC(=O)c3ccccc32)cc1. The second kappa shape index (κ2) is 7.23. The predicted octanol–water partition coefficient (Wildman–Crippen LogP) is 3.36. The van der Waals surface area contributed by atoms with Crippen molar-refractivity contribution in [1.82, 2.24) is 5.43 Å². The number of anilines is 1. The van der Waals surface area contributed by atoms with E-state index < -0.39 is 0 Å². The third kappa shape index (κ3) is 3.60. The van der Waals surface area contributed by atoms with Crippen molar-refractivity contribution >= 4 is 34.5 Å². The Balaban J connectivity index is 1.63. The molecule has 0 aliphatic heterocycles. The average Bonchev–Trinajstić information content (AvgIpc) is 2.92. The molecule has 0 heterocycles. The van der Waals surface area contributed by atoms with E-state index in [0.717, 1.165) is 17.0 Å². The first-order chi connectivity index (χ1) is 11.7. The summed E-state index contributed by atoms with van der Waals surface area (Å²) >= 11 is 5.24. The number of rotatable bonds is 4. The van der Waals surface area contributed by atoms with Crippen LogP contribution < -0.4 is 15.5 Å². The Morgan fingerprint density at radius 3 is 2.58 bits per heavy atom. The van der Waals surface area contributed by atoms with Gasteiger partial charge in [-0.15, -0.1) is 0 Å². The summed E-state index contributed by atoms with van der Waals surface area (Å²) in [5.74, 6) is 0.889. The summed E-state index contributed by atoms with van der Waals surface area (Å²) in [6, 6.07) is 14.9. The zero-order valence-electron chi connectivity index (χ0n) is 13.2. The van der Waals surface area contributed by atoms with Crippen molar-refractivity contribution in [2.45, 2.75) is 13.3 Å². The molecule has 0 radical (unpaired) electrons. The molecule has 0 atom stereocenters. The van der Waals surface area contributed by atoms with Crippen molar-refractivity contribution in [3.05, 3.63) is 59.7 Å². The maximum atomic E-state index is 11.9. The van der Waals surface area contributed by atoms with Gasteiger partial charge in [-0.05, 0) is 43.4 Å². The molecule has 122 valence electrons. The molecule has 2 N–H and O–H groups in total. The van der Waals surface area contributed by atoms with E-state index in [-0.39, 0.29) is 12.2 Å². The van der Waals surface area contributed by atoms with Crippen LogP contribution in [-0.2, 0) is 0 Å². The Bertz CT molecular complexity index is 800. The van der Waals surface area contributed by atoms with Crippen LogP contribution >= 0.6 is 12.2 Å². The van der Waals surface area contributed by atoms with Gasteiger partial charge in [0.2, 0.25) is 0 Å². The van der Waals surface area contributed by atoms with E-state index in [9.17, 15) is 4.79 Å². The lowest BCUT2D eigenvalue weighted by molar-refractivity contribution is 0.101. The second-order valence-corrected chi connectivity index (χ2v) is 5.64.